The standard InChI is InChI=1S/C21H27N3O.C2H6/c1-21(2,18-8-7-15-5-3-4-6-17(15)13-18)20-19(14-24(25)23-20)16-9-11-22-12-10-16;1-2/h3-8,13-14,16,20,22-23,25H,9-12H2,1-2H3;1-2H3. The average Bonchev–Trinajstić information content (AvgIpc) is 3.12. The Kier molecular flexibility index (Phi) is 6.20. The molecule has 0 aromatic heterocycles. The molecule has 0 radical (unpaired) electrons. The number of nitrogens with zero attached hydrogens (tertiary/aromatic N) is 1. The molecule has 2 aromatic carbocycles. The van der Waals surface area contributed by atoms with Gasteiger partial charge in [-0.05, 0) is 53.8 Å². The molecule has 1 unspecified atom stereocenters. The lowest BCUT2D eigenvalue weighted by Crippen LogP contribution is -2.48. The maximum absolute atomic E-state index is 10.1. The Bertz CT molecular complexity index is 793. The average molecular weight is 368 g/mol. The molecule has 4 heteroatoms. The second-order valence-electron chi connectivity index (χ2n) is 7.84. The summed E-state index contributed by atoms with van der Waals surface area (Å²) in [5, 5.41) is 17.2. The van der Waals surface area contributed by atoms with E-state index < -0.39 is 0 Å². The molecule has 0 aliphatic carbocycles. The van der Waals surface area contributed by atoms with Gasteiger partial charge in [0, 0.05) is 11.6 Å². The van der Waals surface area contributed by atoms with Gasteiger partial charge >= 0.3 is 0 Å². The highest BCUT2D eigenvalue weighted by molar-refractivity contribution is 5.83. The molecule has 3 N–H and O–H groups in total. The lowest BCUT2D eigenvalue weighted by Gasteiger charge is -2.37. The van der Waals surface area contributed by atoms with Gasteiger partial charge < -0.3 is 5.32 Å². The highest BCUT2D eigenvalue weighted by Crippen LogP contribution is 2.39. The van der Waals surface area contributed by atoms with Crippen molar-refractivity contribution in [1.29, 1.82) is 0 Å². The molecular weight excluding hydrogens is 334 g/mol. The van der Waals surface area contributed by atoms with Crippen molar-refractivity contribution in [3.05, 3.63) is 59.8 Å². The summed E-state index contributed by atoms with van der Waals surface area (Å²) in [6.45, 7) is 10.6. The Morgan fingerprint density at radius 1 is 1.00 bits per heavy atom. The predicted octanol–water partition coefficient (Wildman–Crippen LogP) is 4.61. The summed E-state index contributed by atoms with van der Waals surface area (Å²) in [6, 6.07) is 15.3. The third-order valence-electron chi connectivity index (χ3n) is 5.89. The van der Waals surface area contributed by atoms with Gasteiger partial charge in [0.25, 0.3) is 0 Å². The van der Waals surface area contributed by atoms with Gasteiger partial charge in [-0.2, -0.15) is 5.17 Å². The predicted molar refractivity (Wildman–Crippen MR) is 113 cm³/mol. The SMILES string of the molecule is CC.CC(C)(c1ccc2ccccc2c1)C1NN(O)C=C1C1CCNCC1. The fourth-order valence-corrected chi connectivity index (χ4v) is 4.29. The quantitative estimate of drug-likeness (QED) is 0.742. The summed E-state index contributed by atoms with van der Waals surface area (Å²) in [5.41, 5.74) is 5.75. The number of hydrogen-bond donors (Lipinski definition) is 3. The molecule has 4 nitrogen and oxygen atoms in total. The van der Waals surface area contributed by atoms with E-state index in [0.29, 0.717) is 5.92 Å². The molecule has 1 saturated heterocycles. The highest BCUT2D eigenvalue weighted by atomic mass is 16.5. The molecule has 1 fully saturated rings. The first kappa shape index (κ1) is 19.9. The van der Waals surface area contributed by atoms with Crippen molar-refractivity contribution in [2.45, 2.75) is 52.0 Å². The lowest BCUT2D eigenvalue weighted by molar-refractivity contribution is -0.0885. The molecule has 2 aromatic rings. The first-order valence-corrected chi connectivity index (χ1v) is 10.2. The Morgan fingerprint density at radius 3 is 2.37 bits per heavy atom. The van der Waals surface area contributed by atoms with Crippen LogP contribution in [0.4, 0.5) is 0 Å². The van der Waals surface area contributed by atoms with Crippen LogP contribution in [0.1, 0.15) is 46.1 Å². The summed E-state index contributed by atoms with van der Waals surface area (Å²) in [4.78, 5) is 0. The number of piperidine rings is 1. The normalized spacial score (nSPS) is 21.0. The largest absolute Gasteiger partial charge is 0.317 e. The van der Waals surface area contributed by atoms with Crippen molar-refractivity contribution in [3.8, 4) is 0 Å². The minimum atomic E-state index is -0.127. The lowest BCUT2D eigenvalue weighted by atomic mass is 9.71. The Labute approximate surface area is 163 Å². The van der Waals surface area contributed by atoms with E-state index in [2.05, 4.69) is 67.1 Å². The number of benzene rings is 2. The number of hydrazine groups is 1. The first-order chi connectivity index (χ1) is 13.1. The van der Waals surface area contributed by atoms with E-state index in [1.54, 1.807) is 0 Å². The molecule has 0 saturated carbocycles. The van der Waals surface area contributed by atoms with Gasteiger partial charge in [-0.25, -0.2) is 5.43 Å². The highest BCUT2D eigenvalue weighted by Gasteiger charge is 2.41. The fourth-order valence-electron chi connectivity index (χ4n) is 4.29. The van der Waals surface area contributed by atoms with E-state index in [4.69, 9.17) is 0 Å². The summed E-state index contributed by atoms with van der Waals surface area (Å²) in [5.74, 6) is 0.524. The van der Waals surface area contributed by atoms with Crippen molar-refractivity contribution in [2.24, 2.45) is 5.92 Å². The van der Waals surface area contributed by atoms with E-state index in [1.807, 2.05) is 20.0 Å². The molecule has 0 bridgehead atoms. The molecule has 2 aliphatic heterocycles. The molecule has 146 valence electrons. The smallest absolute Gasteiger partial charge is 0.0607 e. The zero-order chi connectivity index (χ0) is 19.4. The van der Waals surface area contributed by atoms with Gasteiger partial charge in [-0.15, -0.1) is 0 Å². The second-order valence-corrected chi connectivity index (χ2v) is 7.84. The number of fused-ring (bicyclic) bond motifs is 1. The fraction of sp³-hybridized carbons (Fsp3) is 0.478. The molecular formula is C23H33N3O. The molecule has 2 heterocycles. The first-order valence-electron chi connectivity index (χ1n) is 10.2. The van der Waals surface area contributed by atoms with Crippen molar-refractivity contribution >= 4 is 10.8 Å². The monoisotopic (exact) mass is 367 g/mol. The second kappa shape index (κ2) is 8.42. The van der Waals surface area contributed by atoms with Gasteiger partial charge in [-0.3, -0.25) is 5.21 Å². The number of hydrogen-bond acceptors (Lipinski definition) is 4. The third-order valence-corrected chi connectivity index (χ3v) is 5.89. The van der Waals surface area contributed by atoms with E-state index in [-0.39, 0.29) is 11.5 Å². The maximum Gasteiger partial charge on any atom is 0.0607 e. The van der Waals surface area contributed by atoms with Crippen LogP contribution >= 0.6 is 0 Å². The summed E-state index contributed by atoms with van der Waals surface area (Å²) < 4.78 is 0. The Hall–Kier alpha value is -1.88. The number of nitrogens with one attached hydrogen (secondary N) is 2. The van der Waals surface area contributed by atoms with Crippen LogP contribution in [0.3, 0.4) is 0 Å². The molecule has 27 heavy (non-hydrogen) atoms. The van der Waals surface area contributed by atoms with E-state index in [0.717, 1.165) is 31.1 Å². The van der Waals surface area contributed by atoms with Crippen molar-refractivity contribution < 1.29 is 5.21 Å². The summed E-state index contributed by atoms with van der Waals surface area (Å²) >= 11 is 0. The molecule has 2 aliphatic rings. The summed E-state index contributed by atoms with van der Waals surface area (Å²) in [7, 11) is 0. The molecule has 0 spiro atoms. The Balaban J connectivity index is 0.00000102. The van der Waals surface area contributed by atoms with Crippen LogP contribution in [0.5, 0.6) is 0 Å². The van der Waals surface area contributed by atoms with Crippen molar-refractivity contribution in [1.82, 2.24) is 15.9 Å². The number of hydroxylamine groups is 1. The van der Waals surface area contributed by atoms with Crippen LogP contribution in [0.25, 0.3) is 10.8 Å². The Morgan fingerprint density at radius 2 is 1.67 bits per heavy atom. The number of rotatable bonds is 3. The van der Waals surface area contributed by atoms with Gasteiger partial charge in [0.15, 0.2) is 0 Å². The minimum Gasteiger partial charge on any atom is -0.317 e. The third kappa shape index (κ3) is 4.03. The van der Waals surface area contributed by atoms with Crippen molar-refractivity contribution in [3.63, 3.8) is 0 Å². The van der Waals surface area contributed by atoms with E-state index in [1.165, 1.54) is 21.9 Å². The molecule has 4 rings (SSSR count). The van der Waals surface area contributed by atoms with Gasteiger partial charge in [0.2, 0.25) is 0 Å². The van der Waals surface area contributed by atoms with Gasteiger partial charge in [-0.1, -0.05) is 70.2 Å². The van der Waals surface area contributed by atoms with Gasteiger partial charge in [0.05, 0.1) is 6.04 Å². The van der Waals surface area contributed by atoms with Crippen LogP contribution in [-0.2, 0) is 5.41 Å². The molecule has 1 atom stereocenters. The van der Waals surface area contributed by atoms with Crippen LogP contribution in [0, 0.1) is 5.92 Å². The van der Waals surface area contributed by atoms with Crippen LogP contribution in [0.15, 0.2) is 54.2 Å². The van der Waals surface area contributed by atoms with Crippen molar-refractivity contribution in [2.75, 3.05) is 13.1 Å². The van der Waals surface area contributed by atoms with Gasteiger partial charge in [0.1, 0.15) is 0 Å². The van der Waals surface area contributed by atoms with Crippen LogP contribution in [-0.4, -0.2) is 29.5 Å². The zero-order valence-electron chi connectivity index (χ0n) is 17.0. The zero-order valence-corrected chi connectivity index (χ0v) is 17.0. The summed E-state index contributed by atoms with van der Waals surface area (Å²) in [6.07, 6.45) is 4.15. The minimum absolute atomic E-state index is 0.0989. The van der Waals surface area contributed by atoms with E-state index >= 15 is 0 Å². The maximum atomic E-state index is 10.1. The van der Waals surface area contributed by atoms with Crippen LogP contribution < -0.4 is 10.7 Å². The topological polar surface area (TPSA) is 47.5 Å². The van der Waals surface area contributed by atoms with E-state index in [9.17, 15) is 5.21 Å². The molecule has 0 amide bonds. The van der Waals surface area contributed by atoms with Crippen LogP contribution in [0.2, 0.25) is 0 Å².